The lowest BCUT2D eigenvalue weighted by atomic mass is 10.3. The highest BCUT2D eigenvalue weighted by Crippen LogP contribution is 2.08. The maximum atomic E-state index is 13.0. The Morgan fingerprint density at radius 3 is 2.83 bits per heavy atom. The van der Waals surface area contributed by atoms with Crippen molar-refractivity contribution < 1.29 is 13.9 Å². The number of nitrogens with zero attached hydrogens (tertiary/aromatic N) is 1. The fourth-order valence-corrected chi connectivity index (χ4v) is 1.84. The summed E-state index contributed by atoms with van der Waals surface area (Å²) < 4.78 is 18.3. The maximum absolute atomic E-state index is 13.0. The molecule has 7 heteroatoms. The lowest BCUT2D eigenvalue weighted by Crippen LogP contribution is -2.41. The zero-order valence-electron chi connectivity index (χ0n) is 13.7. The number of rotatable bonds is 9. The lowest BCUT2D eigenvalue weighted by Gasteiger charge is -2.12. The summed E-state index contributed by atoms with van der Waals surface area (Å²) in [5.74, 6) is -0.106. The third-order valence-corrected chi connectivity index (χ3v) is 2.96. The average Bonchev–Trinajstić information content (AvgIpc) is 2.53. The first-order valence-corrected chi connectivity index (χ1v) is 7.73. The van der Waals surface area contributed by atoms with Gasteiger partial charge in [-0.2, -0.15) is 0 Å². The number of carbonyl (C=O) groups is 1. The SMILES string of the molecule is CCOCCCCNC(=NC)NCC(=O)Nc1cccc(F)c1. The number of hydrogen-bond acceptors (Lipinski definition) is 3. The zero-order chi connectivity index (χ0) is 16.9. The molecule has 0 aromatic heterocycles. The minimum Gasteiger partial charge on any atom is -0.382 e. The van der Waals surface area contributed by atoms with Gasteiger partial charge in [-0.15, -0.1) is 0 Å². The Morgan fingerprint density at radius 2 is 2.13 bits per heavy atom. The number of hydrogen-bond donors (Lipinski definition) is 3. The predicted octanol–water partition coefficient (Wildman–Crippen LogP) is 1.75. The van der Waals surface area contributed by atoms with Gasteiger partial charge in [0.05, 0.1) is 6.54 Å². The molecule has 23 heavy (non-hydrogen) atoms. The van der Waals surface area contributed by atoms with Crippen molar-refractivity contribution in [2.45, 2.75) is 19.8 Å². The van der Waals surface area contributed by atoms with Crippen LogP contribution < -0.4 is 16.0 Å². The van der Waals surface area contributed by atoms with Crippen molar-refractivity contribution in [3.63, 3.8) is 0 Å². The highest BCUT2D eigenvalue weighted by atomic mass is 19.1. The second-order valence-electron chi connectivity index (χ2n) is 4.82. The van der Waals surface area contributed by atoms with E-state index >= 15 is 0 Å². The van der Waals surface area contributed by atoms with E-state index in [0.29, 0.717) is 11.6 Å². The summed E-state index contributed by atoms with van der Waals surface area (Å²) in [5, 5.41) is 8.64. The van der Waals surface area contributed by atoms with Crippen LogP contribution in [0.4, 0.5) is 10.1 Å². The highest BCUT2D eigenvalue weighted by Gasteiger charge is 2.04. The van der Waals surface area contributed by atoms with Gasteiger partial charge >= 0.3 is 0 Å². The molecule has 3 N–H and O–H groups in total. The number of carbonyl (C=O) groups excluding carboxylic acids is 1. The van der Waals surface area contributed by atoms with E-state index in [2.05, 4.69) is 20.9 Å². The Hall–Kier alpha value is -2.15. The Kier molecular flexibility index (Phi) is 9.38. The van der Waals surface area contributed by atoms with Gasteiger partial charge in [-0.25, -0.2) is 4.39 Å². The number of halogens is 1. The number of nitrogens with one attached hydrogen (secondary N) is 3. The van der Waals surface area contributed by atoms with E-state index in [4.69, 9.17) is 4.74 Å². The van der Waals surface area contributed by atoms with Crippen LogP contribution in [0, 0.1) is 5.82 Å². The standard InChI is InChI=1S/C16H25FN4O2/c1-3-23-10-5-4-9-19-16(18-2)20-12-15(22)21-14-8-6-7-13(17)11-14/h6-8,11H,3-5,9-10,12H2,1-2H3,(H,21,22)(H2,18,19,20). The van der Waals surface area contributed by atoms with Crippen LogP contribution in [0.5, 0.6) is 0 Å². The molecule has 6 nitrogen and oxygen atoms in total. The molecule has 1 aromatic rings. The Bertz CT molecular complexity index is 509. The number of benzene rings is 1. The van der Waals surface area contributed by atoms with Gasteiger partial charge in [0.15, 0.2) is 5.96 Å². The van der Waals surface area contributed by atoms with Gasteiger partial charge in [-0.3, -0.25) is 9.79 Å². The molecule has 1 amide bonds. The van der Waals surface area contributed by atoms with Crippen molar-refractivity contribution in [2.24, 2.45) is 4.99 Å². The molecule has 0 aliphatic rings. The van der Waals surface area contributed by atoms with Crippen molar-refractivity contribution in [1.29, 1.82) is 0 Å². The molecule has 0 heterocycles. The van der Waals surface area contributed by atoms with E-state index in [-0.39, 0.29) is 18.3 Å². The molecular formula is C16H25FN4O2. The Labute approximate surface area is 136 Å². The molecule has 128 valence electrons. The van der Waals surface area contributed by atoms with E-state index < -0.39 is 0 Å². The van der Waals surface area contributed by atoms with Crippen LogP contribution in [0.3, 0.4) is 0 Å². The third kappa shape index (κ3) is 8.77. The first-order valence-electron chi connectivity index (χ1n) is 7.73. The monoisotopic (exact) mass is 324 g/mol. The third-order valence-electron chi connectivity index (χ3n) is 2.96. The average molecular weight is 324 g/mol. The molecule has 0 fully saturated rings. The number of guanidine groups is 1. The summed E-state index contributed by atoms with van der Waals surface area (Å²) in [4.78, 5) is 15.8. The van der Waals surface area contributed by atoms with Crippen LogP contribution in [0.2, 0.25) is 0 Å². The quantitative estimate of drug-likeness (QED) is 0.367. The van der Waals surface area contributed by atoms with Crippen LogP contribution >= 0.6 is 0 Å². The topological polar surface area (TPSA) is 74.8 Å². The van der Waals surface area contributed by atoms with Crippen molar-refractivity contribution in [2.75, 3.05) is 38.7 Å². The van der Waals surface area contributed by atoms with Crippen LogP contribution in [-0.4, -0.2) is 45.2 Å². The van der Waals surface area contributed by atoms with Crippen LogP contribution in [-0.2, 0) is 9.53 Å². The number of amides is 1. The molecule has 0 spiro atoms. The predicted molar refractivity (Wildman–Crippen MR) is 90.1 cm³/mol. The van der Waals surface area contributed by atoms with Gasteiger partial charge in [0.1, 0.15) is 5.82 Å². The Balaban J connectivity index is 2.22. The molecule has 0 saturated carbocycles. The Morgan fingerprint density at radius 1 is 1.30 bits per heavy atom. The molecule has 0 aliphatic carbocycles. The second kappa shape index (κ2) is 11.4. The van der Waals surface area contributed by atoms with E-state index in [9.17, 15) is 9.18 Å². The molecule has 0 saturated heterocycles. The van der Waals surface area contributed by atoms with E-state index in [1.165, 1.54) is 12.1 Å². The minimum absolute atomic E-state index is 0.0507. The van der Waals surface area contributed by atoms with Gasteiger partial charge in [0.25, 0.3) is 0 Å². The van der Waals surface area contributed by atoms with Crippen molar-refractivity contribution >= 4 is 17.6 Å². The summed E-state index contributed by atoms with van der Waals surface area (Å²) in [6.07, 6.45) is 1.92. The van der Waals surface area contributed by atoms with Crippen LogP contribution in [0.25, 0.3) is 0 Å². The smallest absolute Gasteiger partial charge is 0.243 e. The number of unbranched alkanes of at least 4 members (excludes halogenated alkanes) is 1. The summed E-state index contributed by atoms with van der Waals surface area (Å²) in [6.45, 7) is 4.25. The molecule has 0 aliphatic heterocycles. The maximum Gasteiger partial charge on any atom is 0.243 e. The molecule has 0 radical (unpaired) electrons. The fourth-order valence-electron chi connectivity index (χ4n) is 1.84. The molecule has 1 aromatic carbocycles. The molecular weight excluding hydrogens is 299 g/mol. The van der Waals surface area contributed by atoms with Gasteiger partial charge in [0, 0.05) is 32.5 Å². The summed E-state index contributed by atoms with van der Waals surface area (Å²) >= 11 is 0. The summed E-state index contributed by atoms with van der Waals surface area (Å²) in [7, 11) is 1.64. The van der Waals surface area contributed by atoms with Crippen molar-refractivity contribution in [1.82, 2.24) is 10.6 Å². The van der Waals surface area contributed by atoms with Crippen LogP contribution in [0.15, 0.2) is 29.3 Å². The lowest BCUT2D eigenvalue weighted by molar-refractivity contribution is -0.115. The largest absolute Gasteiger partial charge is 0.382 e. The number of anilines is 1. The van der Waals surface area contributed by atoms with Crippen molar-refractivity contribution in [3.8, 4) is 0 Å². The normalized spacial score (nSPS) is 11.2. The summed E-state index contributed by atoms with van der Waals surface area (Å²) in [5.41, 5.74) is 0.427. The molecule has 1 rings (SSSR count). The molecule has 0 bridgehead atoms. The summed E-state index contributed by atoms with van der Waals surface area (Å²) in [6, 6.07) is 5.77. The molecule has 0 unspecified atom stereocenters. The van der Waals surface area contributed by atoms with E-state index in [1.54, 1.807) is 19.2 Å². The highest BCUT2D eigenvalue weighted by molar-refractivity contribution is 5.94. The van der Waals surface area contributed by atoms with Crippen LogP contribution in [0.1, 0.15) is 19.8 Å². The van der Waals surface area contributed by atoms with Gasteiger partial charge in [0.2, 0.25) is 5.91 Å². The fraction of sp³-hybridized carbons (Fsp3) is 0.500. The van der Waals surface area contributed by atoms with E-state index in [1.807, 2.05) is 6.92 Å². The number of ether oxygens (including phenoxy) is 1. The van der Waals surface area contributed by atoms with Gasteiger partial charge < -0.3 is 20.7 Å². The first-order chi connectivity index (χ1) is 11.2. The minimum atomic E-state index is -0.389. The second-order valence-corrected chi connectivity index (χ2v) is 4.82. The van der Waals surface area contributed by atoms with Gasteiger partial charge in [-0.05, 0) is 38.0 Å². The van der Waals surface area contributed by atoms with E-state index in [0.717, 1.165) is 32.6 Å². The van der Waals surface area contributed by atoms with Gasteiger partial charge in [-0.1, -0.05) is 6.07 Å². The number of aliphatic imine (C=N–C) groups is 1. The first kappa shape index (κ1) is 18.9. The zero-order valence-corrected chi connectivity index (χ0v) is 13.7. The molecule has 0 atom stereocenters. The van der Waals surface area contributed by atoms with Crippen molar-refractivity contribution in [3.05, 3.63) is 30.1 Å².